The van der Waals surface area contributed by atoms with Crippen molar-refractivity contribution >= 4 is 29.1 Å². The average molecular weight is 317 g/mol. The molecule has 1 aliphatic rings. The summed E-state index contributed by atoms with van der Waals surface area (Å²) in [6.45, 7) is 0. The third-order valence-corrected chi connectivity index (χ3v) is 3.92. The van der Waals surface area contributed by atoms with Crippen molar-refractivity contribution in [2.45, 2.75) is 31.7 Å². The van der Waals surface area contributed by atoms with Crippen LogP contribution in [0.25, 0.3) is 0 Å². The number of anilines is 2. The minimum atomic E-state index is -0.255. The molecule has 0 radical (unpaired) electrons. The number of hydrogen-bond acceptors (Lipinski definition) is 4. The molecular weight excluding hydrogens is 300 g/mol. The summed E-state index contributed by atoms with van der Waals surface area (Å²) in [5, 5.41) is 6.63. The summed E-state index contributed by atoms with van der Waals surface area (Å²) in [7, 11) is 0. The van der Waals surface area contributed by atoms with Crippen LogP contribution in [0.3, 0.4) is 0 Å². The van der Waals surface area contributed by atoms with Gasteiger partial charge in [-0.15, -0.1) is 0 Å². The number of amides is 1. The monoisotopic (exact) mass is 316 g/mol. The van der Waals surface area contributed by atoms with Crippen molar-refractivity contribution in [2.75, 3.05) is 10.6 Å². The fourth-order valence-electron chi connectivity index (χ4n) is 2.54. The first-order valence-electron chi connectivity index (χ1n) is 7.36. The Kier molecular flexibility index (Phi) is 4.53. The smallest absolute Gasteiger partial charge is 0.258 e. The Morgan fingerprint density at radius 3 is 2.59 bits per heavy atom. The lowest BCUT2D eigenvalue weighted by molar-refractivity contribution is 0.102. The molecule has 1 fully saturated rings. The van der Waals surface area contributed by atoms with E-state index in [2.05, 4.69) is 20.6 Å². The zero-order valence-electron chi connectivity index (χ0n) is 12.1. The molecule has 2 aromatic rings. The molecule has 1 aliphatic carbocycles. The van der Waals surface area contributed by atoms with Crippen LogP contribution < -0.4 is 10.6 Å². The van der Waals surface area contributed by atoms with Crippen LogP contribution in [0.5, 0.6) is 0 Å². The van der Waals surface area contributed by atoms with Crippen molar-refractivity contribution in [1.29, 1.82) is 0 Å². The maximum atomic E-state index is 12.1. The number of rotatable bonds is 4. The lowest BCUT2D eigenvalue weighted by Gasteiger charge is -2.11. The van der Waals surface area contributed by atoms with Crippen LogP contribution in [-0.2, 0) is 0 Å². The van der Waals surface area contributed by atoms with E-state index in [0.717, 1.165) is 12.8 Å². The number of halogens is 1. The van der Waals surface area contributed by atoms with E-state index < -0.39 is 0 Å². The van der Waals surface area contributed by atoms with E-state index in [9.17, 15) is 4.79 Å². The molecule has 1 saturated carbocycles. The summed E-state index contributed by atoms with van der Waals surface area (Å²) in [5.74, 6) is 0.320. The molecule has 0 aliphatic heterocycles. The maximum absolute atomic E-state index is 12.1. The van der Waals surface area contributed by atoms with Gasteiger partial charge in [-0.2, -0.15) is 0 Å². The van der Waals surface area contributed by atoms with Gasteiger partial charge < -0.3 is 10.6 Å². The predicted octanol–water partition coefficient (Wildman–Crippen LogP) is 3.74. The number of aromatic nitrogens is 2. The second kappa shape index (κ2) is 6.75. The number of carbonyl (C=O) groups is 1. The largest absolute Gasteiger partial charge is 0.351 e. The van der Waals surface area contributed by atoms with Crippen LogP contribution in [0.15, 0.2) is 36.7 Å². The molecule has 3 rings (SSSR count). The zero-order valence-corrected chi connectivity index (χ0v) is 12.8. The first-order valence-corrected chi connectivity index (χ1v) is 7.74. The summed E-state index contributed by atoms with van der Waals surface area (Å²) in [4.78, 5) is 20.6. The predicted molar refractivity (Wildman–Crippen MR) is 87.3 cm³/mol. The van der Waals surface area contributed by atoms with Crippen LogP contribution in [-0.4, -0.2) is 21.9 Å². The molecule has 1 amide bonds. The Morgan fingerprint density at radius 1 is 1.18 bits per heavy atom. The topological polar surface area (TPSA) is 66.9 Å². The first-order chi connectivity index (χ1) is 10.7. The molecule has 0 atom stereocenters. The molecule has 1 heterocycles. The van der Waals surface area contributed by atoms with Crippen molar-refractivity contribution in [3.8, 4) is 0 Å². The Labute approximate surface area is 134 Å². The number of nitrogens with zero attached hydrogens (tertiary/aromatic N) is 2. The van der Waals surface area contributed by atoms with Crippen molar-refractivity contribution in [1.82, 2.24) is 9.97 Å². The minimum Gasteiger partial charge on any atom is -0.351 e. The highest BCUT2D eigenvalue weighted by molar-refractivity contribution is 6.30. The van der Waals surface area contributed by atoms with E-state index in [-0.39, 0.29) is 5.91 Å². The van der Waals surface area contributed by atoms with Crippen LogP contribution >= 0.6 is 11.6 Å². The molecule has 0 unspecified atom stereocenters. The van der Waals surface area contributed by atoms with Gasteiger partial charge in [-0.3, -0.25) is 4.79 Å². The average Bonchev–Trinajstić information content (AvgIpc) is 3.01. The molecule has 2 N–H and O–H groups in total. The summed E-state index contributed by atoms with van der Waals surface area (Å²) >= 11 is 5.89. The van der Waals surface area contributed by atoms with Crippen LogP contribution in [0.1, 0.15) is 36.0 Å². The van der Waals surface area contributed by atoms with Crippen molar-refractivity contribution < 1.29 is 4.79 Å². The summed E-state index contributed by atoms with van der Waals surface area (Å²) < 4.78 is 0. The third-order valence-electron chi connectivity index (χ3n) is 3.68. The van der Waals surface area contributed by atoms with Gasteiger partial charge in [-0.1, -0.05) is 30.5 Å². The van der Waals surface area contributed by atoms with Crippen LogP contribution in [0, 0.1) is 0 Å². The molecule has 5 nitrogen and oxygen atoms in total. The third kappa shape index (κ3) is 3.74. The molecular formula is C16H17ClN4O. The number of hydrogen-bond donors (Lipinski definition) is 2. The molecule has 1 aromatic carbocycles. The van der Waals surface area contributed by atoms with Crippen LogP contribution in [0.2, 0.25) is 5.02 Å². The normalized spacial score (nSPS) is 14.8. The van der Waals surface area contributed by atoms with Gasteiger partial charge in [0.15, 0.2) is 0 Å². The summed E-state index contributed by atoms with van der Waals surface area (Å²) in [6, 6.07) is 7.45. The van der Waals surface area contributed by atoms with Gasteiger partial charge in [0.2, 0.25) is 5.95 Å². The highest BCUT2D eigenvalue weighted by atomic mass is 35.5. The van der Waals surface area contributed by atoms with E-state index in [1.165, 1.54) is 25.2 Å². The van der Waals surface area contributed by atoms with E-state index >= 15 is 0 Å². The van der Waals surface area contributed by atoms with E-state index in [1.54, 1.807) is 24.3 Å². The van der Waals surface area contributed by atoms with Gasteiger partial charge in [0.05, 0.1) is 5.56 Å². The Balaban J connectivity index is 1.63. The molecule has 1 aromatic heterocycles. The van der Waals surface area contributed by atoms with Crippen molar-refractivity contribution in [2.24, 2.45) is 0 Å². The minimum absolute atomic E-state index is 0.255. The Hall–Kier alpha value is -2.14. The number of nitrogens with one attached hydrogen (secondary N) is 2. The first kappa shape index (κ1) is 14.8. The summed E-state index contributed by atoms with van der Waals surface area (Å²) in [5.41, 5.74) is 1.06. The van der Waals surface area contributed by atoms with Gasteiger partial charge in [0.1, 0.15) is 0 Å². The fraction of sp³-hybridized carbons (Fsp3) is 0.312. The molecule has 0 bridgehead atoms. The van der Waals surface area contributed by atoms with Gasteiger partial charge in [-0.25, -0.2) is 9.97 Å². The second-order valence-electron chi connectivity index (χ2n) is 5.39. The lowest BCUT2D eigenvalue weighted by Crippen LogP contribution is -2.18. The Morgan fingerprint density at radius 2 is 1.91 bits per heavy atom. The SMILES string of the molecule is O=C(Nc1cccc(Cl)c1)c1cnc(NC2CCCC2)nc1. The molecule has 0 saturated heterocycles. The van der Waals surface area contributed by atoms with Crippen LogP contribution in [0.4, 0.5) is 11.6 Å². The fourth-order valence-corrected chi connectivity index (χ4v) is 2.73. The lowest BCUT2D eigenvalue weighted by atomic mass is 10.2. The Bertz CT molecular complexity index is 653. The second-order valence-corrected chi connectivity index (χ2v) is 5.82. The standard InChI is InChI=1S/C16H17ClN4O/c17-12-4-3-7-14(8-12)20-15(22)11-9-18-16(19-10-11)21-13-5-1-2-6-13/h3-4,7-10,13H,1-2,5-6H2,(H,20,22)(H,18,19,21). The molecule has 0 spiro atoms. The van der Waals surface area contributed by atoms with E-state index in [4.69, 9.17) is 11.6 Å². The number of carbonyl (C=O) groups excluding carboxylic acids is 1. The van der Waals surface area contributed by atoms with Crippen molar-refractivity contribution in [3.63, 3.8) is 0 Å². The number of benzene rings is 1. The van der Waals surface area contributed by atoms with E-state index in [1.807, 2.05) is 0 Å². The van der Waals surface area contributed by atoms with Gasteiger partial charge in [0.25, 0.3) is 5.91 Å². The highest BCUT2D eigenvalue weighted by Gasteiger charge is 2.16. The zero-order chi connectivity index (χ0) is 15.4. The molecule has 114 valence electrons. The maximum Gasteiger partial charge on any atom is 0.258 e. The summed E-state index contributed by atoms with van der Waals surface area (Å²) in [6.07, 6.45) is 7.87. The van der Waals surface area contributed by atoms with Gasteiger partial charge >= 0.3 is 0 Å². The van der Waals surface area contributed by atoms with Gasteiger partial charge in [-0.05, 0) is 31.0 Å². The molecule has 22 heavy (non-hydrogen) atoms. The molecule has 6 heteroatoms. The van der Waals surface area contributed by atoms with E-state index in [0.29, 0.717) is 28.3 Å². The van der Waals surface area contributed by atoms with Crippen molar-refractivity contribution in [3.05, 3.63) is 47.2 Å². The van der Waals surface area contributed by atoms with Gasteiger partial charge in [0, 0.05) is 29.1 Å². The highest BCUT2D eigenvalue weighted by Crippen LogP contribution is 2.20. The quantitative estimate of drug-likeness (QED) is 0.901.